The minimum absolute atomic E-state index is 0.108. The van der Waals surface area contributed by atoms with Crippen LogP contribution in [0.3, 0.4) is 0 Å². The van der Waals surface area contributed by atoms with Crippen molar-refractivity contribution in [3.63, 3.8) is 0 Å². The number of nitrogens with one attached hydrogen (secondary N) is 1. The Morgan fingerprint density at radius 3 is 2.55 bits per heavy atom. The third-order valence-electron chi connectivity index (χ3n) is 6.21. The summed E-state index contributed by atoms with van der Waals surface area (Å²) in [7, 11) is 1.67. The molecule has 0 spiro atoms. The second-order valence-electron chi connectivity index (χ2n) is 8.25. The molecule has 4 rings (SSSR count). The zero-order valence-electron chi connectivity index (χ0n) is 18.3. The van der Waals surface area contributed by atoms with Crippen LogP contribution in [-0.4, -0.2) is 37.6 Å². The Morgan fingerprint density at radius 1 is 1.16 bits per heavy atom. The van der Waals surface area contributed by atoms with Crippen molar-refractivity contribution in [2.75, 3.05) is 26.7 Å². The quantitative estimate of drug-likeness (QED) is 0.536. The maximum absolute atomic E-state index is 13.0. The number of piperidine rings is 1. The van der Waals surface area contributed by atoms with Crippen molar-refractivity contribution < 1.29 is 13.9 Å². The smallest absolute Gasteiger partial charge is 0.287 e. The Bertz CT molecular complexity index is 1070. The van der Waals surface area contributed by atoms with Crippen molar-refractivity contribution >= 4 is 28.5 Å². The minimum atomic E-state index is -0.196. The van der Waals surface area contributed by atoms with E-state index in [9.17, 15) is 4.79 Å². The molecule has 1 amide bonds. The third kappa shape index (κ3) is 4.58. The Balaban J connectivity index is 1.55. The van der Waals surface area contributed by atoms with Gasteiger partial charge in [0.2, 0.25) is 0 Å². The van der Waals surface area contributed by atoms with Crippen LogP contribution < -0.4 is 10.1 Å². The van der Waals surface area contributed by atoms with Gasteiger partial charge in [-0.3, -0.25) is 9.69 Å². The number of nitrogens with zero attached hydrogens (tertiary/aromatic N) is 1. The lowest BCUT2D eigenvalue weighted by Crippen LogP contribution is -2.40. The first-order chi connectivity index (χ1) is 15.0. The van der Waals surface area contributed by atoms with E-state index >= 15 is 0 Å². The van der Waals surface area contributed by atoms with Crippen molar-refractivity contribution in [3.8, 4) is 5.75 Å². The van der Waals surface area contributed by atoms with Gasteiger partial charge in [0, 0.05) is 22.5 Å². The summed E-state index contributed by atoms with van der Waals surface area (Å²) in [6, 6.07) is 12.0. The molecule has 0 bridgehead atoms. The van der Waals surface area contributed by atoms with E-state index in [1.54, 1.807) is 7.11 Å². The van der Waals surface area contributed by atoms with E-state index in [0.717, 1.165) is 35.4 Å². The number of fused-ring (bicyclic) bond motifs is 1. The first-order valence-corrected chi connectivity index (χ1v) is 11.2. The molecule has 1 fully saturated rings. The van der Waals surface area contributed by atoms with Crippen LogP contribution in [0.15, 0.2) is 40.8 Å². The minimum Gasteiger partial charge on any atom is -0.497 e. The number of hydrogen-bond acceptors (Lipinski definition) is 4. The molecular formula is C25H29ClN2O3. The Labute approximate surface area is 188 Å². The van der Waals surface area contributed by atoms with Crippen molar-refractivity contribution in [2.45, 2.75) is 39.2 Å². The highest BCUT2D eigenvalue weighted by Crippen LogP contribution is 2.31. The number of carbonyl (C=O) groups is 1. The molecule has 0 radical (unpaired) electrons. The highest BCUT2D eigenvalue weighted by Gasteiger charge is 2.25. The van der Waals surface area contributed by atoms with Crippen LogP contribution in [0.25, 0.3) is 11.0 Å². The fourth-order valence-electron chi connectivity index (χ4n) is 4.34. The third-order valence-corrected chi connectivity index (χ3v) is 6.62. The first-order valence-electron chi connectivity index (χ1n) is 10.8. The average Bonchev–Trinajstić information content (AvgIpc) is 3.10. The number of furan rings is 1. The summed E-state index contributed by atoms with van der Waals surface area (Å²) in [6.07, 6.45) is 3.63. The van der Waals surface area contributed by atoms with E-state index in [-0.39, 0.29) is 11.9 Å². The van der Waals surface area contributed by atoms with Gasteiger partial charge in [0.1, 0.15) is 11.3 Å². The number of carbonyl (C=O) groups excluding carboxylic acids is 1. The molecule has 0 aliphatic carbocycles. The van der Waals surface area contributed by atoms with Crippen LogP contribution in [-0.2, 0) is 0 Å². The van der Waals surface area contributed by atoms with E-state index in [1.807, 2.05) is 38.1 Å². The van der Waals surface area contributed by atoms with Crippen molar-refractivity contribution in [1.29, 1.82) is 0 Å². The van der Waals surface area contributed by atoms with E-state index < -0.39 is 0 Å². The van der Waals surface area contributed by atoms with E-state index in [4.69, 9.17) is 20.8 Å². The maximum atomic E-state index is 13.0. The van der Waals surface area contributed by atoms with Gasteiger partial charge in [0.15, 0.2) is 5.76 Å². The normalized spacial score (nSPS) is 15.7. The highest BCUT2D eigenvalue weighted by molar-refractivity contribution is 6.32. The monoisotopic (exact) mass is 440 g/mol. The lowest BCUT2D eigenvalue weighted by atomic mass is 10.0. The first kappa shape index (κ1) is 21.7. The number of amides is 1. The Hall–Kier alpha value is -2.50. The highest BCUT2D eigenvalue weighted by atomic mass is 35.5. The average molecular weight is 441 g/mol. The lowest BCUT2D eigenvalue weighted by molar-refractivity contribution is 0.0898. The predicted octanol–water partition coefficient (Wildman–Crippen LogP) is 5.67. The summed E-state index contributed by atoms with van der Waals surface area (Å²) in [5.41, 5.74) is 3.60. The van der Waals surface area contributed by atoms with E-state index in [0.29, 0.717) is 22.9 Å². The molecule has 2 aromatic carbocycles. The van der Waals surface area contributed by atoms with Gasteiger partial charge in [0.05, 0.1) is 13.2 Å². The van der Waals surface area contributed by atoms with E-state index in [2.05, 4.69) is 22.3 Å². The largest absolute Gasteiger partial charge is 0.497 e. The van der Waals surface area contributed by atoms with Crippen LogP contribution in [0, 0.1) is 13.8 Å². The van der Waals surface area contributed by atoms with Crippen LogP contribution in [0.1, 0.15) is 52.5 Å². The molecular weight excluding hydrogens is 412 g/mol. The number of hydrogen-bond donors (Lipinski definition) is 1. The van der Waals surface area contributed by atoms with Crippen LogP contribution in [0.4, 0.5) is 0 Å². The molecule has 5 nitrogen and oxygen atoms in total. The van der Waals surface area contributed by atoms with Gasteiger partial charge in [0.25, 0.3) is 5.91 Å². The molecule has 1 N–H and O–H groups in total. The van der Waals surface area contributed by atoms with E-state index in [1.165, 1.54) is 24.8 Å². The molecule has 1 saturated heterocycles. The second kappa shape index (κ2) is 9.33. The molecule has 1 atom stereocenters. The summed E-state index contributed by atoms with van der Waals surface area (Å²) in [6.45, 7) is 6.42. The summed E-state index contributed by atoms with van der Waals surface area (Å²) >= 11 is 6.27. The molecule has 0 saturated carbocycles. The second-order valence-corrected chi connectivity index (χ2v) is 8.66. The fourth-order valence-corrected chi connectivity index (χ4v) is 4.51. The SMILES string of the molecule is COc1ccc([C@H](CNC(=O)c2oc3cc(C)c(Cl)cc3c2C)N2CCCCC2)cc1. The maximum Gasteiger partial charge on any atom is 0.287 e. The van der Waals surface area contributed by atoms with Gasteiger partial charge in [-0.05, 0) is 75.2 Å². The summed E-state index contributed by atoms with van der Waals surface area (Å²) in [4.78, 5) is 15.5. The van der Waals surface area contributed by atoms with Gasteiger partial charge in [-0.15, -0.1) is 0 Å². The van der Waals surface area contributed by atoms with Crippen molar-refractivity contribution in [1.82, 2.24) is 10.2 Å². The molecule has 2 heterocycles. The molecule has 3 aromatic rings. The van der Waals surface area contributed by atoms with Crippen LogP contribution in [0.5, 0.6) is 5.75 Å². The predicted molar refractivity (Wildman–Crippen MR) is 124 cm³/mol. The number of rotatable bonds is 6. The fraction of sp³-hybridized carbons (Fsp3) is 0.400. The number of ether oxygens (including phenoxy) is 1. The van der Waals surface area contributed by atoms with Gasteiger partial charge < -0.3 is 14.5 Å². The Kier molecular flexibility index (Phi) is 6.54. The number of aryl methyl sites for hydroxylation is 2. The summed E-state index contributed by atoms with van der Waals surface area (Å²) in [5.74, 6) is 0.985. The molecule has 1 aromatic heterocycles. The number of likely N-dealkylation sites (tertiary alicyclic amines) is 1. The van der Waals surface area contributed by atoms with Gasteiger partial charge in [-0.25, -0.2) is 0 Å². The summed E-state index contributed by atoms with van der Waals surface area (Å²) < 4.78 is 11.2. The van der Waals surface area contributed by atoms with Crippen molar-refractivity contribution in [3.05, 3.63) is 63.9 Å². The number of benzene rings is 2. The van der Waals surface area contributed by atoms with Crippen LogP contribution in [0.2, 0.25) is 5.02 Å². The number of methoxy groups -OCH3 is 1. The lowest BCUT2D eigenvalue weighted by Gasteiger charge is -2.35. The molecule has 0 unspecified atom stereocenters. The Morgan fingerprint density at radius 2 is 1.87 bits per heavy atom. The van der Waals surface area contributed by atoms with Crippen molar-refractivity contribution in [2.24, 2.45) is 0 Å². The molecule has 6 heteroatoms. The molecule has 31 heavy (non-hydrogen) atoms. The molecule has 1 aliphatic heterocycles. The molecule has 1 aliphatic rings. The van der Waals surface area contributed by atoms with Gasteiger partial charge in [-0.2, -0.15) is 0 Å². The standard InChI is InChI=1S/C25H29ClN2O3/c1-16-13-23-20(14-21(16)26)17(2)24(31-23)25(29)27-15-22(28-11-5-4-6-12-28)18-7-9-19(30-3)10-8-18/h7-10,13-14,22H,4-6,11-12,15H2,1-3H3,(H,27,29)/t22-/m0/s1. The van der Waals surface area contributed by atoms with Gasteiger partial charge in [-0.1, -0.05) is 30.2 Å². The molecule has 164 valence electrons. The zero-order valence-corrected chi connectivity index (χ0v) is 19.1. The zero-order chi connectivity index (χ0) is 22.0. The van der Waals surface area contributed by atoms with Gasteiger partial charge >= 0.3 is 0 Å². The number of halogens is 1. The van der Waals surface area contributed by atoms with Crippen LogP contribution >= 0.6 is 11.6 Å². The summed E-state index contributed by atoms with van der Waals surface area (Å²) in [5, 5.41) is 4.67. The topological polar surface area (TPSA) is 54.7 Å².